The van der Waals surface area contributed by atoms with Gasteiger partial charge in [0, 0.05) is 13.0 Å². The van der Waals surface area contributed by atoms with Gasteiger partial charge in [0.2, 0.25) is 0 Å². The van der Waals surface area contributed by atoms with Crippen molar-refractivity contribution in [1.82, 2.24) is 0 Å². The summed E-state index contributed by atoms with van der Waals surface area (Å²) < 4.78 is 10.3. The number of esters is 1. The van der Waals surface area contributed by atoms with Crippen LogP contribution >= 0.6 is 0 Å². The minimum absolute atomic E-state index is 0.101. The molecular weight excluding hydrogens is 180 g/mol. The minimum Gasteiger partial charge on any atom is -0.466 e. The first-order valence-electron chi connectivity index (χ1n) is 5.47. The molecule has 0 bridgehead atoms. The molecule has 0 aliphatic rings. The molecule has 84 valence electrons. The van der Waals surface area contributed by atoms with Gasteiger partial charge in [0.15, 0.2) is 0 Å². The third-order valence-corrected chi connectivity index (χ3v) is 2.06. The summed E-state index contributed by atoms with van der Waals surface area (Å²) >= 11 is 0. The van der Waals surface area contributed by atoms with Gasteiger partial charge < -0.3 is 9.47 Å². The van der Waals surface area contributed by atoms with E-state index in [1.165, 1.54) is 0 Å². The third kappa shape index (κ3) is 8.05. The predicted octanol–water partition coefficient (Wildman–Crippen LogP) is 2.53. The zero-order chi connectivity index (χ0) is 10.8. The summed E-state index contributed by atoms with van der Waals surface area (Å²) in [7, 11) is 0. The number of hydrogen-bond donors (Lipinski definition) is 0. The van der Waals surface area contributed by atoms with Crippen LogP contribution in [0.5, 0.6) is 0 Å². The molecule has 0 rings (SSSR count). The van der Waals surface area contributed by atoms with E-state index in [1.54, 1.807) is 0 Å². The fourth-order valence-electron chi connectivity index (χ4n) is 1.01. The maximum atomic E-state index is 10.9. The summed E-state index contributed by atoms with van der Waals surface area (Å²) in [6.45, 7) is 7.20. The zero-order valence-corrected chi connectivity index (χ0v) is 9.54. The molecule has 0 saturated carbocycles. The first kappa shape index (κ1) is 13.4. The monoisotopic (exact) mass is 202 g/mol. The Balaban J connectivity index is 3.17. The fourth-order valence-corrected chi connectivity index (χ4v) is 1.01. The van der Waals surface area contributed by atoms with E-state index in [-0.39, 0.29) is 5.97 Å². The Morgan fingerprint density at radius 2 is 2.00 bits per heavy atom. The summed E-state index contributed by atoms with van der Waals surface area (Å²) in [5.74, 6) is -0.101. The van der Waals surface area contributed by atoms with Crippen molar-refractivity contribution in [3.8, 4) is 0 Å². The van der Waals surface area contributed by atoms with Crippen LogP contribution in [0.15, 0.2) is 0 Å². The van der Waals surface area contributed by atoms with Crippen LogP contribution in [-0.2, 0) is 14.3 Å². The van der Waals surface area contributed by atoms with Gasteiger partial charge >= 0.3 is 5.97 Å². The lowest BCUT2D eigenvalue weighted by molar-refractivity contribution is -0.143. The minimum atomic E-state index is -0.101. The molecule has 0 spiro atoms. The number of rotatable bonds is 8. The maximum Gasteiger partial charge on any atom is 0.305 e. The molecule has 0 heterocycles. The summed E-state index contributed by atoms with van der Waals surface area (Å²) in [6, 6.07) is 0. The zero-order valence-electron chi connectivity index (χ0n) is 9.54. The number of ether oxygens (including phenoxy) is 2. The molecule has 1 atom stereocenters. The van der Waals surface area contributed by atoms with Gasteiger partial charge in [0.1, 0.15) is 0 Å². The largest absolute Gasteiger partial charge is 0.466 e. The molecule has 3 heteroatoms. The summed E-state index contributed by atoms with van der Waals surface area (Å²) in [5.41, 5.74) is 0. The average molecular weight is 202 g/mol. The molecule has 0 N–H and O–H groups in total. The van der Waals surface area contributed by atoms with E-state index in [4.69, 9.17) is 9.47 Å². The highest BCUT2D eigenvalue weighted by molar-refractivity contribution is 5.69. The summed E-state index contributed by atoms with van der Waals surface area (Å²) in [6.07, 6.45) is 3.67. The number of carbonyl (C=O) groups excluding carboxylic acids is 1. The second kappa shape index (κ2) is 9.00. The Labute approximate surface area is 86.8 Å². The molecule has 0 aromatic heterocycles. The molecule has 14 heavy (non-hydrogen) atoms. The van der Waals surface area contributed by atoms with Crippen molar-refractivity contribution in [2.45, 2.75) is 52.6 Å². The van der Waals surface area contributed by atoms with Gasteiger partial charge in [0.25, 0.3) is 0 Å². The second-order valence-corrected chi connectivity index (χ2v) is 3.35. The van der Waals surface area contributed by atoms with Crippen molar-refractivity contribution >= 4 is 5.97 Å². The number of unbranched alkanes of at least 4 members (excludes halogenated alkanes) is 1. The van der Waals surface area contributed by atoms with Crippen molar-refractivity contribution < 1.29 is 14.3 Å². The summed E-state index contributed by atoms with van der Waals surface area (Å²) in [4.78, 5) is 10.9. The third-order valence-electron chi connectivity index (χ3n) is 2.06. The van der Waals surface area contributed by atoms with Crippen LogP contribution in [0.2, 0.25) is 0 Å². The van der Waals surface area contributed by atoms with Gasteiger partial charge in [0.05, 0.1) is 12.7 Å². The molecule has 0 saturated heterocycles. The molecule has 0 amide bonds. The van der Waals surface area contributed by atoms with E-state index in [0.717, 1.165) is 25.9 Å². The fraction of sp³-hybridized carbons (Fsp3) is 0.909. The number of hydrogen-bond acceptors (Lipinski definition) is 3. The Hall–Kier alpha value is -0.570. The Morgan fingerprint density at radius 1 is 1.29 bits per heavy atom. The lowest BCUT2D eigenvalue weighted by Crippen LogP contribution is -2.08. The van der Waals surface area contributed by atoms with Crippen molar-refractivity contribution in [2.75, 3.05) is 13.2 Å². The molecule has 0 aromatic carbocycles. The van der Waals surface area contributed by atoms with Crippen LogP contribution in [0.1, 0.15) is 46.5 Å². The first-order chi connectivity index (χ1) is 6.70. The maximum absolute atomic E-state index is 10.9. The van der Waals surface area contributed by atoms with Crippen molar-refractivity contribution in [2.24, 2.45) is 0 Å². The topological polar surface area (TPSA) is 35.5 Å². The smallest absolute Gasteiger partial charge is 0.305 e. The normalized spacial score (nSPS) is 12.5. The molecule has 0 fully saturated rings. The van der Waals surface area contributed by atoms with Gasteiger partial charge in [-0.1, -0.05) is 6.92 Å². The van der Waals surface area contributed by atoms with E-state index in [0.29, 0.717) is 19.1 Å². The molecule has 0 aliphatic heterocycles. The van der Waals surface area contributed by atoms with Gasteiger partial charge in [-0.15, -0.1) is 0 Å². The molecule has 0 radical (unpaired) electrons. The van der Waals surface area contributed by atoms with Gasteiger partial charge in [-0.2, -0.15) is 0 Å². The van der Waals surface area contributed by atoms with Crippen LogP contribution in [0.3, 0.4) is 0 Å². The molecule has 0 aromatic rings. The standard InChI is InChI=1S/C11H22O3/c1-4-10(3)14-9-7-6-8-11(12)13-5-2/h10H,4-9H2,1-3H3. The predicted molar refractivity (Wildman–Crippen MR) is 56.2 cm³/mol. The molecule has 3 nitrogen and oxygen atoms in total. The highest BCUT2D eigenvalue weighted by Gasteiger charge is 2.01. The van der Waals surface area contributed by atoms with Crippen molar-refractivity contribution in [3.63, 3.8) is 0 Å². The lowest BCUT2D eigenvalue weighted by atomic mass is 10.2. The second-order valence-electron chi connectivity index (χ2n) is 3.35. The van der Waals surface area contributed by atoms with E-state index >= 15 is 0 Å². The highest BCUT2D eigenvalue weighted by Crippen LogP contribution is 2.01. The first-order valence-corrected chi connectivity index (χ1v) is 5.47. The van der Waals surface area contributed by atoms with Crippen LogP contribution < -0.4 is 0 Å². The van der Waals surface area contributed by atoms with Crippen molar-refractivity contribution in [3.05, 3.63) is 0 Å². The quantitative estimate of drug-likeness (QED) is 0.448. The molecule has 0 aliphatic carbocycles. The van der Waals surface area contributed by atoms with Gasteiger partial charge in [-0.05, 0) is 33.1 Å². The number of carbonyl (C=O) groups is 1. The van der Waals surface area contributed by atoms with Crippen molar-refractivity contribution in [1.29, 1.82) is 0 Å². The van der Waals surface area contributed by atoms with Crippen LogP contribution in [-0.4, -0.2) is 25.3 Å². The van der Waals surface area contributed by atoms with Gasteiger partial charge in [-0.25, -0.2) is 0 Å². The molecule has 1 unspecified atom stereocenters. The summed E-state index contributed by atoms with van der Waals surface area (Å²) in [5, 5.41) is 0. The SMILES string of the molecule is CCOC(=O)CCCCOC(C)CC. The Bertz CT molecular complexity index is 145. The molecular formula is C11H22O3. The Morgan fingerprint density at radius 3 is 2.57 bits per heavy atom. The average Bonchev–Trinajstić information content (AvgIpc) is 2.17. The van der Waals surface area contributed by atoms with E-state index < -0.39 is 0 Å². The van der Waals surface area contributed by atoms with Crippen LogP contribution in [0.25, 0.3) is 0 Å². The van der Waals surface area contributed by atoms with Gasteiger partial charge in [-0.3, -0.25) is 4.79 Å². The van der Waals surface area contributed by atoms with E-state index in [2.05, 4.69) is 13.8 Å². The highest BCUT2D eigenvalue weighted by atomic mass is 16.5. The van der Waals surface area contributed by atoms with Crippen LogP contribution in [0, 0.1) is 0 Å². The van der Waals surface area contributed by atoms with E-state index in [9.17, 15) is 4.79 Å². The lowest BCUT2D eigenvalue weighted by Gasteiger charge is -2.09. The van der Waals surface area contributed by atoms with E-state index in [1.807, 2.05) is 6.92 Å². The Kier molecular flexibility index (Phi) is 8.64. The van der Waals surface area contributed by atoms with Crippen LogP contribution in [0.4, 0.5) is 0 Å².